The lowest BCUT2D eigenvalue weighted by Crippen LogP contribution is -2.44. The first-order chi connectivity index (χ1) is 9.31. The smallest absolute Gasteiger partial charge is 0.310 e. The maximum atomic E-state index is 12.3. The van der Waals surface area contributed by atoms with Crippen molar-refractivity contribution in [1.82, 2.24) is 9.46 Å². The monoisotopic (exact) mass is 304 g/mol. The summed E-state index contributed by atoms with van der Waals surface area (Å²) in [5.41, 5.74) is 0.292. The molecule has 0 radical (unpaired) electrons. The summed E-state index contributed by atoms with van der Waals surface area (Å²) in [6.07, 6.45) is 0. The van der Waals surface area contributed by atoms with E-state index >= 15 is 0 Å². The summed E-state index contributed by atoms with van der Waals surface area (Å²) in [6.45, 7) is 1.76. The minimum Gasteiger partial charge on any atom is -0.481 e. The Kier molecular flexibility index (Phi) is 4.11. The number of likely N-dealkylation sites (N-methyl/N-ethyl adjacent to an activating group) is 1. The summed E-state index contributed by atoms with van der Waals surface area (Å²) in [7, 11) is -2.32. The average Bonchev–Trinajstić information content (AvgIpc) is 2.96. The minimum atomic E-state index is -3.68. The predicted molar refractivity (Wildman–Crippen MR) is 67.4 cm³/mol. The van der Waals surface area contributed by atoms with Crippen molar-refractivity contribution in [3.8, 4) is 0 Å². The largest absolute Gasteiger partial charge is 0.481 e. The Hall–Kier alpha value is -1.45. The number of hydrogen-bond acceptors (Lipinski definition) is 6. The summed E-state index contributed by atoms with van der Waals surface area (Å²) >= 11 is 0. The number of carboxylic acids is 1. The van der Waals surface area contributed by atoms with Crippen LogP contribution in [0.2, 0.25) is 0 Å². The third-order valence-corrected chi connectivity index (χ3v) is 5.09. The van der Waals surface area contributed by atoms with Crippen molar-refractivity contribution in [2.24, 2.45) is 5.92 Å². The third kappa shape index (κ3) is 3.00. The van der Waals surface area contributed by atoms with Crippen LogP contribution < -0.4 is 0 Å². The van der Waals surface area contributed by atoms with E-state index < -0.39 is 28.0 Å². The molecule has 1 saturated heterocycles. The van der Waals surface area contributed by atoms with Crippen molar-refractivity contribution in [2.45, 2.75) is 18.7 Å². The first-order valence-corrected chi connectivity index (χ1v) is 7.60. The van der Waals surface area contributed by atoms with Crippen molar-refractivity contribution in [1.29, 1.82) is 0 Å². The van der Waals surface area contributed by atoms with Gasteiger partial charge in [-0.15, -0.1) is 0 Å². The molecule has 0 saturated carbocycles. The van der Waals surface area contributed by atoms with Gasteiger partial charge in [0.25, 0.3) is 0 Å². The highest BCUT2D eigenvalue weighted by molar-refractivity contribution is 7.88. The molecule has 9 heteroatoms. The summed E-state index contributed by atoms with van der Waals surface area (Å²) < 4.78 is 35.5. The molecule has 20 heavy (non-hydrogen) atoms. The van der Waals surface area contributed by atoms with Gasteiger partial charge in [-0.2, -0.15) is 4.31 Å². The Morgan fingerprint density at radius 2 is 2.25 bits per heavy atom. The normalized spacial score (nSPS) is 23.4. The van der Waals surface area contributed by atoms with Gasteiger partial charge in [0.05, 0.1) is 25.2 Å². The number of carboxylic acid groups (broad SMARTS) is 1. The lowest BCUT2D eigenvalue weighted by atomic mass is 10.1. The highest BCUT2D eigenvalue weighted by atomic mass is 32.2. The standard InChI is InChI=1S/C11H16N2O6S/c1-7-3-8(12-19-7)6-20(16,17)13(2)10-5-18-4-9(10)11(14)15/h3,9-10H,4-6H2,1-2H3,(H,14,15). The molecule has 2 heterocycles. The maximum Gasteiger partial charge on any atom is 0.310 e. The summed E-state index contributed by atoms with van der Waals surface area (Å²) in [5, 5.41) is 12.7. The first kappa shape index (κ1) is 14.9. The zero-order valence-electron chi connectivity index (χ0n) is 11.1. The molecule has 0 aromatic carbocycles. The quantitative estimate of drug-likeness (QED) is 0.805. The molecule has 0 bridgehead atoms. The number of aliphatic carboxylic acids is 1. The van der Waals surface area contributed by atoms with Crippen LogP contribution in [0, 0.1) is 12.8 Å². The third-order valence-electron chi connectivity index (χ3n) is 3.28. The van der Waals surface area contributed by atoms with Crippen molar-refractivity contribution in [2.75, 3.05) is 20.3 Å². The van der Waals surface area contributed by atoms with Crippen LogP contribution in [0.3, 0.4) is 0 Å². The van der Waals surface area contributed by atoms with Crippen molar-refractivity contribution >= 4 is 16.0 Å². The van der Waals surface area contributed by atoms with E-state index in [1.54, 1.807) is 6.92 Å². The molecular formula is C11H16N2O6S. The fraction of sp³-hybridized carbons (Fsp3) is 0.636. The summed E-state index contributed by atoms with van der Waals surface area (Å²) in [6, 6.07) is 0.830. The summed E-state index contributed by atoms with van der Waals surface area (Å²) in [5.74, 6) is -1.73. The Labute approximate surface area is 116 Å². The molecule has 1 aromatic heterocycles. The van der Waals surface area contributed by atoms with Crippen LogP contribution in [0.1, 0.15) is 11.5 Å². The molecule has 0 amide bonds. The topological polar surface area (TPSA) is 110 Å². The van der Waals surface area contributed by atoms with Gasteiger partial charge in [0, 0.05) is 13.1 Å². The Morgan fingerprint density at radius 1 is 1.55 bits per heavy atom. The number of rotatable bonds is 5. The number of nitrogens with zero attached hydrogens (tertiary/aromatic N) is 2. The lowest BCUT2D eigenvalue weighted by Gasteiger charge is -2.25. The number of ether oxygens (including phenoxy) is 1. The fourth-order valence-corrected chi connectivity index (χ4v) is 3.45. The molecule has 0 spiro atoms. The SMILES string of the molecule is Cc1cc(CS(=O)(=O)N(C)C2COCC2C(=O)O)no1. The van der Waals surface area contributed by atoms with E-state index in [1.807, 2.05) is 0 Å². The van der Waals surface area contributed by atoms with E-state index in [4.69, 9.17) is 14.4 Å². The lowest BCUT2D eigenvalue weighted by molar-refractivity contribution is -0.142. The second kappa shape index (κ2) is 5.51. The van der Waals surface area contributed by atoms with Gasteiger partial charge in [0.15, 0.2) is 0 Å². The van der Waals surface area contributed by atoms with Crippen LogP contribution in [-0.2, 0) is 25.3 Å². The molecule has 1 aromatic rings. The zero-order valence-corrected chi connectivity index (χ0v) is 12.0. The Bertz CT molecular complexity index is 596. The van der Waals surface area contributed by atoms with E-state index in [2.05, 4.69) is 5.16 Å². The minimum absolute atomic E-state index is 0.0168. The van der Waals surface area contributed by atoms with Crippen LogP contribution in [-0.4, -0.2) is 55.3 Å². The second-order valence-corrected chi connectivity index (χ2v) is 6.78. The molecule has 2 rings (SSSR count). The van der Waals surface area contributed by atoms with Crippen molar-refractivity contribution < 1.29 is 27.6 Å². The molecule has 2 atom stereocenters. The number of carbonyl (C=O) groups is 1. The van der Waals surface area contributed by atoms with Crippen LogP contribution in [0.4, 0.5) is 0 Å². The van der Waals surface area contributed by atoms with E-state index in [0.717, 1.165) is 4.31 Å². The van der Waals surface area contributed by atoms with Gasteiger partial charge in [-0.3, -0.25) is 4.79 Å². The van der Waals surface area contributed by atoms with E-state index in [1.165, 1.54) is 13.1 Å². The fourth-order valence-electron chi connectivity index (χ4n) is 2.12. The number of hydrogen-bond donors (Lipinski definition) is 1. The summed E-state index contributed by atoms with van der Waals surface area (Å²) in [4.78, 5) is 11.1. The molecule has 1 fully saturated rings. The maximum absolute atomic E-state index is 12.3. The van der Waals surface area contributed by atoms with Crippen LogP contribution in [0.15, 0.2) is 10.6 Å². The van der Waals surface area contributed by atoms with E-state index in [9.17, 15) is 13.2 Å². The molecule has 2 unspecified atom stereocenters. The molecule has 1 aliphatic rings. The van der Waals surface area contributed by atoms with Crippen LogP contribution in [0.5, 0.6) is 0 Å². The van der Waals surface area contributed by atoms with Gasteiger partial charge in [-0.25, -0.2) is 8.42 Å². The predicted octanol–water partition coefficient (Wildman–Crippen LogP) is -0.156. The molecular weight excluding hydrogens is 288 g/mol. The molecule has 0 aliphatic carbocycles. The first-order valence-electron chi connectivity index (χ1n) is 5.99. The molecule has 8 nitrogen and oxygen atoms in total. The Morgan fingerprint density at radius 3 is 2.80 bits per heavy atom. The molecule has 1 aliphatic heterocycles. The van der Waals surface area contributed by atoms with Gasteiger partial charge in [-0.05, 0) is 6.92 Å². The van der Waals surface area contributed by atoms with E-state index in [-0.39, 0.29) is 19.0 Å². The van der Waals surface area contributed by atoms with Crippen molar-refractivity contribution in [3.05, 3.63) is 17.5 Å². The highest BCUT2D eigenvalue weighted by Gasteiger charge is 2.41. The van der Waals surface area contributed by atoms with Gasteiger partial charge in [0.1, 0.15) is 17.2 Å². The zero-order chi connectivity index (χ0) is 14.9. The highest BCUT2D eigenvalue weighted by Crippen LogP contribution is 2.23. The van der Waals surface area contributed by atoms with E-state index in [0.29, 0.717) is 11.5 Å². The number of aromatic nitrogens is 1. The van der Waals surface area contributed by atoms with Crippen LogP contribution in [0.25, 0.3) is 0 Å². The molecule has 1 N–H and O–H groups in total. The van der Waals surface area contributed by atoms with Gasteiger partial charge >= 0.3 is 5.97 Å². The number of aryl methyl sites for hydroxylation is 1. The van der Waals surface area contributed by atoms with Crippen molar-refractivity contribution in [3.63, 3.8) is 0 Å². The van der Waals surface area contributed by atoms with Crippen LogP contribution >= 0.6 is 0 Å². The average molecular weight is 304 g/mol. The molecule has 112 valence electrons. The Balaban J connectivity index is 2.14. The van der Waals surface area contributed by atoms with Gasteiger partial charge < -0.3 is 14.4 Å². The van der Waals surface area contributed by atoms with Gasteiger partial charge in [-0.1, -0.05) is 5.16 Å². The van der Waals surface area contributed by atoms with Gasteiger partial charge in [0.2, 0.25) is 10.0 Å². The second-order valence-electron chi connectivity index (χ2n) is 4.75. The number of sulfonamides is 1.